The molecule has 0 atom stereocenters. The van der Waals surface area contributed by atoms with Crippen LogP contribution in [0.15, 0.2) is 4.99 Å². The highest BCUT2D eigenvalue weighted by Crippen LogP contribution is 2.03. The Labute approximate surface area is 48.4 Å². The zero-order chi connectivity index (χ0) is 5.40. The first-order chi connectivity index (χ1) is 3.97. The highest BCUT2D eigenvalue weighted by Gasteiger charge is 2.22. The molecule has 1 fully saturated rings. The minimum Gasteiger partial charge on any atom is -0.338 e. The van der Waals surface area contributed by atoms with Crippen LogP contribution in [0.4, 0.5) is 0 Å². The fourth-order valence-corrected chi connectivity index (χ4v) is 1.10. The monoisotopic (exact) mass is 110 g/mol. The largest absolute Gasteiger partial charge is 0.338 e. The molecule has 2 heterocycles. The average Bonchev–Trinajstić information content (AvgIpc) is 2.15. The van der Waals surface area contributed by atoms with Crippen LogP contribution >= 0.6 is 0 Å². The molecule has 0 unspecified atom stereocenters. The van der Waals surface area contributed by atoms with Gasteiger partial charge in [-0.25, -0.2) is 10.3 Å². The number of hydrogen-bond acceptors (Lipinski definition) is 2. The van der Waals surface area contributed by atoms with Gasteiger partial charge in [0.25, 0.3) is 0 Å². The van der Waals surface area contributed by atoms with Crippen molar-refractivity contribution in [3.05, 3.63) is 0 Å². The van der Waals surface area contributed by atoms with E-state index in [2.05, 4.69) is 15.2 Å². The molecule has 0 spiro atoms. The maximum absolute atomic E-state index is 4.17. The lowest BCUT2D eigenvalue weighted by Crippen LogP contribution is -2.22. The Morgan fingerprint density at radius 2 is 2.12 bits per heavy atom. The van der Waals surface area contributed by atoms with Crippen molar-refractivity contribution in [1.82, 2.24) is 10.2 Å². The van der Waals surface area contributed by atoms with Gasteiger partial charge in [0.2, 0.25) is 5.96 Å². The normalized spacial score (nSPS) is 25.0. The first-order valence-corrected chi connectivity index (χ1v) is 2.94. The highest BCUT2D eigenvalue weighted by molar-refractivity contribution is 5.82. The Balaban J connectivity index is 2.20. The van der Waals surface area contributed by atoms with Gasteiger partial charge in [-0.3, -0.25) is 0 Å². The van der Waals surface area contributed by atoms with Gasteiger partial charge in [0.15, 0.2) is 0 Å². The van der Waals surface area contributed by atoms with E-state index in [1.165, 1.54) is 0 Å². The lowest BCUT2D eigenvalue weighted by molar-refractivity contribution is 0.503. The van der Waals surface area contributed by atoms with Crippen molar-refractivity contribution in [2.75, 3.05) is 26.2 Å². The van der Waals surface area contributed by atoms with Crippen molar-refractivity contribution >= 4 is 5.96 Å². The van der Waals surface area contributed by atoms with Crippen molar-refractivity contribution in [3.63, 3.8) is 0 Å². The fourth-order valence-electron chi connectivity index (χ4n) is 1.10. The van der Waals surface area contributed by atoms with Crippen LogP contribution in [0.3, 0.4) is 0 Å². The molecule has 2 rings (SSSR count). The van der Waals surface area contributed by atoms with E-state index in [4.69, 9.17) is 0 Å². The second kappa shape index (κ2) is 1.37. The van der Waals surface area contributed by atoms with Crippen molar-refractivity contribution in [2.24, 2.45) is 4.99 Å². The minimum atomic E-state index is 0.957. The molecule has 0 amide bonds. The zero-order valence-electron chi connectivity index (χ0n) is 4.67. The Morgan fingerprint density at radius 1 is 1.25 bits per heavy atom. The molecule has 3 heteroatoms. The molecule has 0 bridgehead atoms. The predicted molar refractivity (Wildman–Crippen MR) is 30.9 cm³/mol. The van der Waals surface area contributed by atoms with Crippen LogP contribution in [0.25, 0.3) is 0 Å². The molecule has 1 radical (unpaired) electrons. The van der Waals surface area contributed by atoms with E-state index >= 15 is 0 Å². The summed E-state index contributed by atoms with van der Waals surface area (Å²) >= 11 is 0. The van der Waals surface area contributed by atoms with Gasteiger partial charge in [0.1, 0.15) is 0 Å². The first kappa shape index (κ1) is 4.18. The molecule has 3 nitrogen and oxygen atoms in total. The molecular weight excluding hydrogens is 102 g/mol. The summed E-state index contributed by atoms with van der Waals surface area (Å²) in [5.41, 5.74) is 0. The van der Waals surface area contributed by atoms with Gasteiger partial charge in [-0.05, 0) is 0 Å². The van der Waals surface area contributed by atoms with Gasteiger partial charge in [0.05, 0.1) is 13.1 Å². The van der Waals surface area contributed by atoms with Gasteiger partial charge in [-0.2, -0.15) is 0 Å². The number of guanidine groups is 1. The Kier molecular flexibility index (Phi) is 0.716. The lowest BCUT2D eigenvalue weighted by Gasteiger charge is -2.05. The number of hydrogen-bond donors (Lipinski definition) is 0. The molecule has 2 aliphatic heterocycles. The average molecular weight is 110 g/mol. The Hall–Kier alpha value is -0.730. The third-order valence-corrected chi connectivity index (χ3v) is 1.53. The predicted octanol–water partition coefficient (Wildman–Crippen LogP) is -0.724. The maximum atomic E-state index is 4.17. The lowest BCUT2D eigenvalue weighted by atomic mass is 10.6. The summed E-state index contributed by atoms with van der Waals surface area (Å²) in [6, 6.07) is 0. The van der Waals surface area contributed by atoms with E-state index in [0.29, 0.717) is 0 Å². The summed E-state index contributed by atoms with van der Waals surface area (Å²) < 4.78 is 0. The van der Waals surface area contributed by atoms with E-state index in [-0.39, 0.29) is 0 Å². The summed E-state index contributed by atoms with van der Waals surface area (Å²) in [6.45, 7) is 4.11. The molecular formula is C5H8N3. The zero-order valence-corrected chi connectivity index (χ0v) is 4.67. The topological polar surface area (TPSA) is 29.7 Å². The van der Waals surface area contributed by atoms with Crippen LogP contribution in [0.1, 0.15) is 0 Å². The second-order valence-corrected chi connectivity index (χ2v) is 2.05. The number of rotatable bonds is 0. The maximum Gasteiger partial charge on any atom is 0.216 e. The van der Waals surface area contributed by atoms with E-state index in [1.54, 1.807) is 0 Å². The molecule has 0 aromatic carbocycles. The second-order valence-electron chi connectivity index (χ2n) is 2.05. The van der Waals surface area contributed by atoms with Gasteiger partial charge < -0.3 is 4.90 Å². The molecule has 0 aliphatic carbocycles. The van der Waals surface area contributed by atoms with Crippen LogP contribution in [0.2, 0.25) is 0 Å². The Bertz CT molecular complexity index is 130. The van der Waals surface area contributed by atoms with Crippen molar-refractivity contribution in [1.29, 1.82) is 0 Å². The molecule has 0 aromatic heterocycles. The summed E-state index contributed by atoms with van der Waals surface area (Å²) in [4.78, 5) is 6.40. The van der Waals surface area contributed by atoms with Crippen LogP contribution in [0.5, 0.6) is 0 Å². The number of fused-ring (bicyclic) bond motifs is 1. The van der Waals surface area contributed by atoms with Crippen LogP contribution in [-0.4, -0.2) is 37.0 Å². The third kappa shape index (κ3) is 0.412. The molecule has 0 aromatic rings. The summed E-state index contributed by atoms with van der Waals surface area (Å²) in [7, 11) is 0. The molecule has 2 aliphatic rings. The van der Waals surface area contributed by atoms with E-state index < -0.39 is 0 Å². The Morgan fingerprint density at radius 3 is 3.00 bits per heavy atom. The van der Waals surface area contributed by atoms with Crippen LogP contribution in [0, 0.1) is 0 Å². The summed E-state index contributed by atoms with van der Waals surface area (Å²) in [5.74, 6) is 0.991. The van der Waals surface area contributed by atoms with Crippen LogP contribution in [-0.2, 0) is 0 Å². The molecule has 0 saturated carbocycles. The van der Waals surface area contributed by atoms with Gasteiger partial charge in [-0.1, -0.05) is 0 Å². The quantitative estimate of drug-likeness (QED) is 0.404. The van der Waals surface area contributed by atoms with Crippen molar-refractivity contribution in [3.8, 4) is 0 Å². The van der Waals surface area contributed by atoms with Crippen molar-refractivity contribution < 1.29 is 0 Å². The SMILES string of the molecule is C1CN2CCN=C2[N]1. The number of aliphatic imine (C=N–C) groups is 1. The standard InChI is InChI=1S/C5H8N3/c1-3-8-4-2-7-5(8)6-1/h1-4H2. The van der Waals surface area contributed by atoms with Crippen molar-refractivity contribution in [2.45, 2.75) is 0 Å². The fraction of sp³-hybridized carbons (Fsp3) is 0.800. The van der Waals surface area contributed by atoms with E-state index in [1.807, 2.05) is 0 Å². The summed E-state index contributed by atoms with van der Waals surface area (Å²) in [6.07, 6.45) is 0. The van der Waals surface area contributed by atoms with Gasteiger partial charge in [-0.15, -0.1) is 0 Å². The summed E-state index contributed by atoms with van der Waals surface area (Å²) in [5, 5.41) is 4.17. The molecule has 1 saturated heterocycles. The van der Waals surface area contributed by atoms with Gasteiger partial charge in [0, 0.05) is 13.1 Å². The minimum absolute atomic E-state index is 0.957. The smallest absolute Gasteiger partial charge is 0.216 e. The number of nitrogens with zero attached hydrogens (tertiary/aromatic N) is 3. The first-order valence-electron chi connectivity index (χ1n) is 2.94. The van der Waals surface area contributed by atoms with Crippen LogP contribution < -0.4 is 5.32 Å². The molecule has 0 N–H and O–H groups in total. The van der Waals surface area contributed by atoms with E-state index in [0.717, 1.165) is 32.1 Å². The van der Waals surface area contributed by atoms with Gasteiger partial charge >= 0.3 is 0 Å². The van der Waals surface area contributed by atoms with E-state index in [9.17, 15) is 0 Å². The highest BCUT2D eigenvalue weighted by atomic mass is 15.4. The molecule has 8 heavy (non-hydrogen) atoms. The molecule has 43 valence electrons. The third-order valence-electron chi connectivity index (χ3n) is 1.53.